The Morgan fingerprint density at radius 3 is 2.74 bits per heavy atom. The molecule has 0 aliphatic rings. The van der Waals surface area contributed by atoms with Crippen molar-refractivity contribution in [2.75, 3.05) is 0 Å². The van der Waals surface area contributed by atoms with Crippen molar-refractivity contribution in [1.82, 2.24) is 4.98 Å². The van der Waals surface area contributed by atoms with Crippen LogP contribution in [0.15, 0.2) is 51.6 Å². The zero-order chi connectivity index (χ0) is 13.2. The van der Waals surface area contributed by atoms with E-state index in [1.165, 1.54) is 6.26 Å². The second-order valence-corrected chi connectivity index (χ2v) is 4.93. The molecule has 3 aromatic rings. The first-order valence-electron chi connectivity index (χ1n) is 5.67. The Morgan fingerprint density at radius 1 is 1.16 bits per heavy atom. The normalized spacial score (nSPS) is 10.8. The predicted molar refractivity (Wildman–Crippen MR) is 74.1 cm³/mol. The summed E-state index contributed by atoms with van der Waals surface area (Å²) in [6, 6.07) is 11.7. The van der Waals surface area contributed by atoms with Gasteiger partial charge in [0.1, 0.15) is 17.7 Å². The summed E-state index contributed by atoms with van der Waals surface area (Å²) in [5, 5.41) is 11.1. The molecule has 4 nitrogen and oxygen atoms in total. The van der Waals surface area contributed by atoms with E-state index in [1.54, 1.807) is 0 Å². The molecule has 0 aliphatic carbocycles. The van der Waals surface area contributed by atoms with Crippen molar-refractivity contribution in [3.05, 3.63) is 52.8 Å². The number of aliphatic hydroxyl groups excluding tert-OH is 1. The van der Waals surface area contributed by atoms with E-state index in [2.05, 4.69) is 20.9 Å². The maximum Gasteiger partial charge on any atom is 0.399 e. The van der Waals surface area contributed by atoms with Crippen LogP contribution in [0.5, 0.6) is 11.8 Å². The molecule has 0 radical (unpaired) electrons. The van der Waals surface area contributed by atoms with Crippen LogP contribution in [0.3, 0.4) is 0 Å². The molecule has 1 N–H and O–H groups in total. The van der Waals surface area contributed by atoms with Crippen molar-refractivity contribution in [2.24, 2.45) is 0 Å². The van der Waals surface area contributed by atoms with Gasteiger partial charge in [-0.3, -0.25) is 0 Å². The molecule has 1 heterocycles. The molecule has 2 aromatic carbocycles. The van der Waals surface area contributed by atoms with Gasteiger partial charge >= 0.3 is 6.08 Å². The number of oxazole rings is 1. The second kappa shape index (κ2) is 5.03. The zero-order valence-electron chi connectivity index (χ0n) is 9.84. The first kappa shape index (κ1) is 12.2. The third-order valence-corrected chi connectivity index (χ3v) is 3.16. The highest BCUT2D eigenvalue weighted by Crippen LogP contribution is 2.27. The Kier molecular flexibility index (Phi) is 3.23. The summed E-state index contributed by atoms with van der Waals surface area (Å²) >= 11 is 3.44. The fourth-order valence-electron chi connectivity index (χ4n) is 1.77. The van der Waals surface area contributed by atoms with Gasteiger partial charge in [-0.1, -0.05) is 28.1 Å². The molecular weight excluding hydrogens is 310 g/mol. The van der Waals surface area contributed by atoms with Gasteiger partial charge in [0.15, 0.2) is 0 Å². The molecule has 0 bridgehead atoms. The van der Waals surface area contributed by atoms with Crippen LogP contribution in [-0.2, 0) is 6.61 Å². The van der Waals surface area contributed by atoms with Crippen LogP contribution in [0.25, 0.3) is 10.8 Å². The van der Waals surface area contributed by atoms with Gasteiger partial charge in [-0.2, -0.15) is 4.98 Å². The molecule has 19 heavy (non-hydrogen) atoms. The minimum atomic E-state index is -0.168. The quantitative estimate of drug-likeness (QED) is 0.796. The van der Waals surface area contributed by atoms with Gasteiger partial charge in [-0.05, 0) is 35.0 Å². The number of nitrogens with zero attached hydrogens (tertiary/aromatic N) is 1. The molecule has 96 valence electrons. The van der Waals surface area contributed by atoms with Crippen LogP contribution in [0, 0.1) is 0 Å². The van der Waals surface area contributed by atoms with Crippen LogP contribution in [0.4, 0.5) is 0 Å². The fourth-order valence-corrected chi connectivity index (χ4v) is 2.15. The number of rotatable bonds is 3. The number of benzene rings is 2. The molecule has 0 saturated carbocycles. The first-order valence-corrected chi connectivity index (χ1v) is 6.46. The predicted octanol–water partition coefficient (Wildman–Crippen LogP) is 3.87. The van der Waals surface area contributed by atoms with Crippen molar-refractivity contribution in [3.63, 3.8) is 0 Å². The third kappa shape index (κ3) is 2.62. The number of hydrogen-bond acceptors (Lipinski definition) is 4. The van der Waals surface area contributed by atoms with Crippen LogP contribution in [-0.4, -0.2) is 10.1 Å². The third-order valence-electron chi connectivity index (χ3n) is 2.67. The average Bonchev–Trinajstić information content (AvgIpc) is 2.86. The lowest BCUT2D eigenvalue weighted by Crippen LogP contribution is -1.86. The van der Waals surface area contributed by atoms with Crippen LogP contribution in [0.2, 0.25) is 0 Å². The molecule has 0 saturated heterocycles. The van der Waals surface area contributed by atoms with E-state index in [4.69, 9.17) is 14.3 Å². The van der Waals surface area contributed by atoms with Crippen molar-refractivity contribution < 1.29 is 14.3 Å². The van der Waals surface area contributed by atoms with Gasteiger partial charge in [0.25, 0.3) is 0 Å². The van der Waals surface area contributed by atoms with Gasteiger partial charge in [-0.15, -0.1) is 0 Å². The number of aromatic nitrogens is 1. The first-order chi connectivity index (χ1) is 9.24. The van der Waals surface area contributed by atoms with Crippen molar-refractivity contribution in [3.8, 4) is 11.8 Å². The number of halogens is 1. The van der Waals surface area contributed by atoms with E-state index in [1.807, 2.05) is 36.4 Å². The summed E-state index contributed by atoms with van der Waals surface area (Å²) in [6.45, 7) is -0.168. The number of fused-ring (bicyclic) bond motifs is 1. The van der Waals surface area contributed by atoms with E-state index >= 15 is 0 Å². The molecular formula is C14H10BrNO3. The Morgan fingerprint density at radius 2 is 1.95 bits per heavy atom. The van der Waals surface area contributed by atoms with Crippen LogP contribution < -0.4 is 4.74 Å². The lowest BCUT2D eigenvalue weighted by atomic mass is 10.1. The molecule has 0 spiro atoms. The topological polar surface area (TPSA) is 55.5 Å². The number of aliphatic hydroxyl groups is 1. The summed E-state index contributed by atoms with van der Waals surface area (Å²) in [7, 11) is 0. The fraction of sp³-hybridized carbons (Fsp3) is 0.0714. The maximum atomic E-state index is 8.90. The van der Waals surface area contributed by atoms with E-state index < -0.39 is 0 Å². The van der Waals surface area contributed by atoms with Crippen molar-refractivity contribution >= 4 is 26.7 Å². The molecule has 1 aromatic heterocycles. The molecule has 0 atom stereocenters. The summed E-state index contributed by atoms with van der Waals surface area (Å²) < 4.78 is 11.6. The van der Waals surface area contributed by atoms with Gasteiger partial charge in [0.2, 0.25) is 0 Å². The second-order valence-electron chi connectivity index (χ2n) is 4.02. The Hall–Kier alpha value is -1.85. The highest BCUT2D eigenvalue weighted by Gasteiger charge is 2.06. The van der Waals surface area contributed by atoms with Crippen LogP contribution in [0.1, 0.15) is 5.69 Å². The van der Waals surface area contributed by atoms with Crippen molar-refractivity contribution in [2.45, 2.75) is 6.61 Å². The van der Waals surface area contributed by atoms with Gasteiger partial charge < -0.3 is 14.3 Å². The molecule has 3 rings (SSSR count). The Labute approximate surface area is 117 Å². The minimum absolute atomic E-state index is 0.125. The largest absolute Gasteiger partial charge is 0.417 e. The Balaban J connectivity index is 1.90. The van der Waals surface area contributed by atoms with Gasteiger partial charge in [-0.25, -0.2) is 0 Å². The van der Waals surface area contributed by atoms with E-state index in [9.17, 15) is 0 Å². The molecule has 0 amide bonds. The molecule has 0 unspecified atom stereocenters. The number of hydrogen-bond donors (Lipinski definition) is 1. The van der Waals surface area contributed by atoms with Crippen molar-refractivity contribution in [1.29, 1.82) is 0 Å². The Bertz CT molecular complexity index is 724. The summed E-state index contributed by atoms with van der Waals surface area (Å²) in [5.74, 6) is 0.640. The van der Waals surface area contributed by atoms with E-state index in [0.717, 1.165) is 15.2 Å². The zero-order valence-corrected chi connectivity index (χ0v) is 11.4. The SMILES string of the molecule is OCc1coc(Oc2ccc3cc(Br)ccc3c2)n1. The minimum Gasteiger partial charge on any atom is -0.417 e. The molecule has 5 heteroatoms. The van der Waals surface area contributed by atoms with E-state index in [0.29, 0.717) is 11.4 Å². The number of ether oxygens (including phenoxy) is 1. The highest BCUT2D eigenvalue weighted by molar-refractivity contribution is 9.10. The highest BCUT2D eigenvalue weighted by atomic mass is 79.9. The van der Waals surface area contributed by atoms with Crippen LogP contribution >= 0.6 is 15.9 Å². The molecule has 0 fully saturated rings. The lowest BCUT2D eigenvalue weighted by molar-refractivity contribution is 0.276. The van der Waals surface area contributed by atoms with Gasteiger partial charge in [0, 0.05) is 4.47 Å². The lowest BCUT2D eigenvalue weighted by Gasteiger charge is -2.03. The smallest absolute Gasteiger partial charge is 0.399 e. The summed E-state index contributed by atoms with van der Waals surface area (Å²) in [5.41, 5.74) is 0.444. The van der Waals surface area contributed by atoms with Gasteiger partial charge in [0.05, 0.1) is 6.61 Å². The molecule has 0 aliphatic heterocycles. The average molecular weight is 320 g/mol. The summed E-state index contributed by atoms with van der Waals surface area (Å²) in [6.07, 6.45) is 1.49. The maximum absolute atomic E-state index is 8.90. The van der Waals surface area contributed by atoms with E-state index in [-0.39, 0.29) is 12.7 Å². The summed E-state index contributed by atoms with van der Waals surface area (Å²) in [4.78, 5) is 3.97. The monoisotopic (exact) mass is 319 g/mol. The standard InChI is InChI=1S/C14H10BrNO3/c15-11-3-1-10-6-13(4-2-9(10)5-11)19-14-16-12(7-17)8-18-14/h1-6,8,17H,7H2.